The molecular weight excluding hydrogens is 160 g/mol. The maximum atomic E-state index is 9.09. The van der Waals surface area contributed by atoms with Crippen molar-refractivity contribution in [3.05, 3.63) is 0 Å². The summed E-state index contributed by atoms with van der Waals surface area (Å²) < 4.78 is 0. The molecule has 2 rings (SSSR count). The Morgan fingerprint density at radius 2 is 2.00 bits per heavy atom. The fourth-order valence-electron chi connectivity index (χ4n) is 3.25. The second-order valence-electron chi connectivity index (χ2n) is 5.18. The van der Waals surface area contributed by atoms with Crippen LogP contribution in [0.2, 0.25) is 0 Å². The molecule has 1 spiro atoms. The van der Waals surface area contributed by atoms with E-state index in [9.17, 15) is 0 Å². The highest BCUT2D eigenvalue weighted by Gasteiger charge is 2.53. The molecule has 0 aromatic carbocycles. The highest BCUT2D eigenvalue weighted by Crippen LogP contribution is 2.62. The monoisotopic (exact) mass is 182 g/mol. The highest BCUT2D eigenvalue weighted by molar-refractivity contribution is 5.03. The third kappa shape index (κ3) is 1.76. The fourth-order valence-corrected chi connectivity index (χ4v) is 3.25. The first-order chi connectivity index (χ1) is 6.30. The molecule has 1 nitrogen and oxygen atoms in total. The Hall–Kier alpha value is -0.0400. The number of hydrogen-bond donors (Lipinski definition) is 1. The molecule has 2 aliphatic rings. The van der Waals surface area contributed by atoms with E-state index >= 15 is 0 Å². The molecule has 0 radical (unpaired) electrons. The van der Waals surface area contributed by atoms with Gasteiger partial charge in [-0.3, -0.25) is 0 Å². The Morgan fingerprint density at radius 1 is 1.31 bits per heavy atom. The van der Waals surface area contributed by atoms with E-state index < -0.39 is 0 Å². The molecule has 76 valence electrons. The number of rotatable bonds is 3. The summed E-state index contributed by atoms with van der Waals surface area (Å²) in [4.78, 5) is 0. The van der Waals surface area contributed by atoms with Crippen molar-refractivity contribution in [1.82, 2.24) is 0 Å². The number of hydrogen-bond acceptors (Lipinski definition) is 1. The molecule has 2 fully saturated rings. The van der Waals surface area contributed by atoms with Crippen molar-refractivity contribution >= 4 is 0 Å². The smallest absolute Gasteiger partial charge is 0.0464 e. The van der Waals surface area contributed by atoms with Crippen molar-refractivity contribution in [1.29, 1.82) is 0 Å². The van der Waals surface area contributed by atoms with Crippen LogP contribution in [-0.4, -0.2) is 11.7 Å². The van der Waals surface area contributed by atoms with Crippen LogP contribution in [0.3, 0.4) is 0 Å². The third-order valence-electron chi connectivity index (χ3n) is 4.38. The molecule has 1 unspecified atom stereocenters. The molecule has 0 bridgehead atoms. The summed E-state index contributed by atoms with van der Waals surface area (Å²) in [6.07, 6.45) is 9.78. The molecular formula is C12H22O. The summed E-state index contributed by atoms with van der Waals surface area (Å²) in [5.41, 5.74) is 0.624. The van der Waals surface area contributed by atoms with E-state index in [1.807, 2.05) is 0 Å². The topological polar surface area (TPSA) is 20.2 Å². The average Bonchev–Trinajstić information content (AvgIpc) is 2.84. The van der Waals surface area contributed by atoms with Gasteiger partial charge < -0.3 is 5.11 Å². The van der Waals surface area contributed by atoms with Crippen molar-refractivity contribution in [3.63, 3.8) is 0 Å². The van der Waals surface area contributed by atoms with Crippen LogP contribution < -0.4 is 0 Å². The van der Waals surface area contributed by atoms with Crippen molar-refractivity contribution in [2.24, 2.45) is 17.3 Å². The van der Waals surface area contributed by atoms with Crippen LogP contribution in [0.5, 0.6) is 0 Å². The molecule has 0 saturated heterocycles. The van der Waals surface area contributed by atoms with Crippen LogP contribution in [0.4, 0.5) is 0 Å². The van der Waals surface area contributed by atoms with E-state index in [-0.39, 0.29) is 0 Å². The van der Waals surface area contributed by atoms with Crippen molar-refractivity contribution in [3.8, 4) is 0 Å². The lowest BCUT2D eigenvalue weighted by Gasteiger charge is -2.29. The molecule has 0 heterocycles. The lowest BCUT2D eigenvalue weighted by atomic mass is 9.77. The van der Waals surface area contributed by atoms with Crippen molar-refractivity contribution < 1.29 is 5.11 Å². The Kier molecular flexibility index (Phi) is 2.64. The van der Waals surface area contributed by atoms with Gasteiger partial charge in [-0.1, -0.05) is 19.8 Å². The fraction of sp³-hybridized carbons (Fsp3) is 1.00. The van der Waals surface area contributed by atoms with Crippen LogP contribution in [-0.2, 0) is 0 Å². The van der Waals surface area contributed by atoms with Gasteiger partial charge in [0, 0.05) is 6.61 Å². The average molecular weight is 182 g/mol. The standard InChI is InChI=1S/C12H22O/c1-2-3-10-4-6-12(7-5-10)8-11(12)9-13/h10-11,13H,2-9H2,1H3. The van der Waals surface area contributed by atoms with Gasteiger partial charge in [0.05, 0.1) is 0 Å². The van der Waals surface area contributed by atoms with Gasteiger partial charge in [0.15, 0.2) is 0 Å². The van der Waals surface area contributed by atoms with Gasteiger partial charge in [0.2, 0.25) is 0 Å². The van der Waals surface area contributed by atoms with Crippen LogP contribution in [0.15, 0.2) is 0 Å². The molecule has 1 atom stereocenters. The first-order valence-corrected chi connectivity index (χ1v) is 5.91. The maximum absolute atomic E-state index is 9.09. The largest absolute Gasteiger partial charge is 0.396 e. The van der Waals surface area contributed by atoms with Crippen LogP contribution in [0.25, 0.3) is 0 Å². The lowest BCUT2D eigenvalue weighted by Crippen LogP contribution is -2.17. The van der Waals surface area contributed by atoms with Crippen LogP contribution >= 0.6 is 0 Å². The van der Waals surface area contributed by atoms with E-state index in [1.54, 1.807) is 0 Å². The molecule has 2 aliphatic carbocycles. The van der Waals surface area contributed by atoms with Crippen LogP contribution in [0.1, 0.15) is 51.9 Å². The summed E-state index contributed by atoms with van der Waals surface area (Å²) in [7, 11) is 0. The molecule has 1 N–H and O–H groups in total. The molecule has 2 saturated carbocycles. The van der Waals surface area contributed by atoms with Gasteiger partial charge in [-0.05, 0) is 49.4 Å². The summed E-state index contributed by atoms with van der Waals surface area (Å²) >= 11 is 0. The molecule has 0 aromatic rings. The molecule has 0 aliphatic heterocycles. The summed E-state index contributed by atoms with van der Waals surface area (Å²) in [6, 6.07) is 0. The first-order valence-electron chi connectivity index (χ1n) is 5.91. The Bertz CT molecular complexity index is 168. The molecule has 1 heteroatoms. The molecule has 0 amide bonds. The van der Waals surface area contributed by atoms with Gasteiger partial charge in [-0.2, -0.15) is 0 Å². The Morgan fingerprint density at radius 3 is 2.46 bits per heavy atom. The normalized spacial score (nSPS) is 43.8. The zero-order valence-corrected chi connectivity index (χ0v) is 8.76. The maximum Gasteiger partial charge on any atom is 0.0464 e. The lowest BCUT2D eigenvalue weighted by molar-refractivity contribution is 0.191. The molecule has 0 aromatic heterocycles. The van der Waals surface area contributed by atoms with Gasteiger partial charge in [0.1, 0.15) is 0 Å². The van der Waals surface area contributed by atoms with Gasteiger partial charge in [0.25, 0.3) is 0 Å². The van der Waals surface area contributed by atoms with Gasteiger partial charge in [-0.15, -0.1) is 0 Å². The highest BCUT2D eigenvalue weighted by atomic mass is 16.3. The van der Waals surface area contributed by atoms with Crippen LogP contribution in [0, 0.1) is 17.3 Å². The quantitative estimate of drug-likeness (QED) is 0.711. The van der Waals surface area contributed by atoms with E-state index in [2.05, 4.69) is 6.92 Å². The summed E-state index contributed by atoms with van der Waals surface area (Å²) in [6.45, 7) is 2.73. The van der Waals surface area contributed by atoms with Gasteiger partial charge in [-0.25, -0.2) is 0 Å². The third-order valence-corrected chi connectivity index (χ3v) is 4.38. The summed E-state index contributed by atoms with van der Waals surface area (Å²) in [5, 5.41) is 9.09. The summed E-state index contributed by atoms with van der Waals surface area (Å²) in [5.74, 6) is 1.69. The Balaban J connectivity index is 1.77. The zero-order chi connectivity index (χ0) is 9.31. The van der Waals surface area contributed by atoms with Crippen molar-refractivity contribution in [2.75, 3.05) is 6.61 Å². The second kappa shape index (κ2) is 3.61. The predicted molar refractivity (Wildman–Crippen MR) is 54.5 cm³/mol. The second-order valence-corrected chi connectivity index (χ2v) is 5.18. The first kappa shape index (κ1) is 9.51. The predicted octanol–water partition coefficient (Wildman–Crippen LogP) is 2.98. The Labute approximate surface area is 81.5 Å². The number of aliphatic hydroxyl groups excluding tert-OH is 1. The van der Waals surface area contributed by atoms with E-state index in [1.165, 1.54) is 44.9 Å². The minimum absolute atomic E-state index is 0.443. The van der Waals surface area contributed by atoms with E-state index in [0.717, 1.165) is 5.92 Å². The number of aliphatic hydroxyl groups is 1. The minimum Gasteiger partial charge on any atom is -0.396 e. The van der Waals surface area contributed by atoms with E-state index in [0.29, 0.717) is 17.9 Å². The molecule has 13 heavy (non-hydrogen) atoms. The zero-order valence-electron chi connectivity index (χ0n) is 8.76. The van der Waals surface area contributed by atoms with E-state index in [4.69, 9.17) is 5.11 Å². The van der Waals surface area contributed by atoms with Gasteiger partial charge >= 0.3 is 0 Å². The SMILES string of the molecule is CCCC1CCC2(CC1)CC2CO. The van der Waals surface area contributed by atoms with Crippen molar-refractivity contribution in [2.45, 2.75) is 51.9 Å². The minimum atomic E-state index is 0.443.